The van der Waals surface area contributed by atoms with Crippen molar-refractivity contribution in [2.45, 2.75) is 38.8 Å². The molecule has 142 valence electrons. The van der Waals surface area contributed by atoms with Crippen molar-refractivity contribution in [2.75, 3.05) is 25.1 Å². The maximum atomic E-state index is 6.21. The van der Waals surface area contributed by atoms with Crippen molar-refractivity contribution in [1.82, 2.24) is 29.5 Å². The maximum Gasteiger partial charge on any atom is 0.257 e. The topological polar surface area (TPSA) is 91.9 Å². The van der Waals surface area contributed by atoms with Crippen LogP contribution in [-0.2, 0) is 11.3 Å². The minimum Gasteiger partial charge on any atom is -0.475 e. The number of aryl methyl sites for hydroxylation is 1. The van der Waals surface area contributed by atoms with Gasteiger partial charge in [-0.05, 0) is 19.8 Å². The van der Waals surface area contributed by atoms with Crippen molar-refractivity contribution in [3.8, 4) is 5.88 Å². The van der Waals surface area contributed by atoms with Crippen LogP contribution in [0.4, 0.5) is 11.6 Å². The Balaban J connectivity index is 1.57. The van der Waals surface area contributed by atoms with Crippen molar-refractivity contribution < 1.29 is 9.47 Å². The van der Waals surface area contributed by atoms with Crippen molar-refractivity contribution in [2.24, 2.45) is 0 Å². The highest BCUT2D eigenvalue weighted by Gasteiger charge is 2.25. The highest BCUT2D eigenvalue weighted by molar-refractivity contribution is 6.34. The van der Waals surface area contributed by atoms with Gasteiger partial charge in [0.05, 0.1) is 30.3 Å². The Kier molecular flexibility index (Phi) is 4.13. The van der Waals surface area contributed by atoms with Crippen LogP contribution in [0.25, 0.3) is 11.0 Å². The van der Waals surface area contributed by atoms with Crippen molar-refractivity contribution in [3.05, 3.63) is 17.0 Å². The van der Waals surface area contributed by atoms with Crippen molar-refractivity contribution in [3.63, 3.8) is 0 Å². The SMILES string of the molecule is Cc1c2c(nn1[C@H]1CCCOC1)OCCCn1nc(Cl)c3cnc(nc31)N2. The highest BCUT2D eigenvalue weighted by atomic mass is 35.5. The van der Waals surface area contributed by atoms with Crippen LogP contribution in [0.2, 0.25) is 5.15 Å². The summed E-state index contributed by atoms with van der Waals surface area (Å²) < 4.78 is 15.4. The van der Waals surface area contributed by atoms with Crippen LogP contribution in [0.1, 0.15) is 31.0 Å². The highest BCUT2D eigenvalue weighted by Crippen LogP contribution is 2.34. The molecule has 0 amide bonds. The molecule has 3 aromatic heterocycles. The number of anilines is 2. The van der Waals surface area contributed by atoms with E-state index < -0.39 is 0 Å². The monoisotopic (exact) mass is 389 g/mol. The quantitative estimate of drug-likeness (QED) is 0.684. The van der Waals surface area contributed by atoms with Crippen LogP contribution in [0.15, 0.2) is 6.20 Å². The summed E-state index contributed by atoms with van der Waals surface area (Å²) in [6.45, 7) is 4.69. The first kappa shape index (κ1) is 16.8. The molecular weight excluding hydrogens is 370 g/mol. The number of hydrogen-bond donors (Lipinski definition) is 1. The summed E-state index contributed by atoms with van der Waals surface area (Å²) in [6, 6.07) is 0.216. The Labute approximate surface area is 160 Å². The Bertz CT molecular complexity index is 993. The predicted octanol–water partition coefficient (Wildman–Crippen LogP) is 2.86. The lowest BCUT2D eigenvalue weighted by atomic mass is 10.1. The van der Waals surface area contributed by atoms with E-state index in [0.717, 1.165) is 42.6 Å². The molecular formula is C17H20ClN7O2. The minimum absolute atomic E-state index is 0.216. The molecule has 2 aliphatic heterocycles. The van der Waals surface area contributed by atoms with E-state index in [1.165, 1.54) is 0 Å². The summed E-state index contributed by atoms with van der Waals surface area (Å²) in [4.78, 5) is 9.01. The number of halogens is 1. The largest absolute Gasteiger partial charge is 0.475 e. The molecule has 10 heteroatoms. The molecule has 5 rings (SSSR count). The van der Waals surface area contributed by atoms with Crippen LogP contribution in [0.5, 0.6) is 5.88 Å². The van der Waals surface area contributed by atoms with Gasteiger partial charge in [-0.15, -0.1) is 5.10 Å². The van der Waals surface area contributed by atoms with Gasteiger partial charge in [-0.3, -0.25) is 4.68 Å². The number of nitrogens with one attached hydrogen (secondary N) is 1. The van der Waals surface area contributed by atoms with E-state index in [1.807, 2.05) is 11.6 Å². The van der Waals surface area contributed by atoms with Crippen LogP contribution in [0, 0.1) is 6.92 Å². The summed E-state index contributed by atoms with van der Waals surface area (Å²) in [7, 11) is 0. The molecule has 9 nitrogen and oxygen atoms in total. The molecule has 2 aliphatic rings. The molecule has 0 aliphatic carbocycles. The fourth-order valence-electron chi connectivity index (χ4n) is 3.64. The molecule has 0 saturated carbocycles. The number of aromatic nitrogens is 6. The first-order chi connectivity index (χ1) is 13.2. The normalized spacial score (nSPS) is 20.0. The number of nitrogens with zero attached hydrogens (tertiary/aromatic N) is 6. The molecule has 0 aromatic carbocycles. The lowest BCUT2D eigenvalue weighted by Gasteiger charge is -2.23. The second-order valence-electron chi connectivity index (χ2n) is 6.85. The zero-order valence-corrected chi connectivity index (χ0v) is 15.7. The Morgan fingerprint density at radius 2 is 2.19 bits per heavy atom. The van der Waals surface area contributed by atoms with E-state index in [4.69, 9.17) is 26.2 Å². The number of ether oxygens (including phenoxy) is 2. The lowest BCUT2D eigenvalue weighted by Crippen LogP contribution is -2.23. The first-order valence-corrected chi connectivity index (χ1v) is 9.54. The van der Waals surface area contributed by atoms with Gasteiger partial charge >= 0.3 is 0 Å². The van der Waals surface area contributed by atoms with Gasteiger partial charge in [0.2, 0.25) is 5.95 Å². The van der Waals surface area contributed by atoms with E-state index in [1.54, 1.807) is 10.9 Å². The van der Waals surface area contributed by atoms with Crippen molar-refractivity contribution >= 4 is 34.3 Å². The fraction of sp³-hybridized carbons (Fsp3) is 0.529. The van der Waals surface area contributed by atoms with Gasteiger partial charge in [-0.25, -0.2) is 9.67 Å². The van der Waals surface area contributed by atoms with Gasteiger partial charge in [0.15, 0.2) is 10.8 Å². The Morgan fingerprint density at radius 3 is 3.04 bits per heavy atom. The molecule has 1 atom stereocenters. The summed E-state index contributed by atoms with van der Waals surface area (Å²) in [6.07, 6.45) is 4.54. The zero-order valence-electron chi connectivity index (χ0n) is 15.0. The molecule has 5 heterocycles. The molecule has 1 N–H and O–H groups in total. The minimum atomic E-state index is 0.216. The number of hydrogen-bond acceptors (Lipinski definition) is 7. The number of rotatable bonds is 1. The van der Waals surface area contributed by atoms with E-state index in [9.17, 15) is 0 Å². The average molecular weight is 390 g/mol. The van der Waals surface area contributed by atoms with Gasteiger partial charge < -0.3 is 14.8 Å². The third-order valence-corrected chi connectivity index (χ3v) is 5.31. The Hall–Kier alpha value is -2.39. The van der Waals surface area contributed by atoms with E-state index >= 15 is 0 Å². The molecule has 1 fully saturated rings. The molecule has 27 heavy (non-hydrogen) atoms. The van der Waals surface area contributed by atoms with Crippen LogP contribution in [-0.4, -0.2) is 49.3 Å². The molecule has 3 aromatic rings. The third kappa shape index (κ3) is 2.90. The summed E-state index contributed by atoms with van der Waals surface area (Å²) >= 11 is 6.21. The Morgan fingerprint density at radius 1 is 1.26 bits per heavy atom. The second kappa shape index (κ2) is 6.65. The van der Waals surface area contributed by atoms with Crippen LogP contribution >= 0.6 is 11.6 Å². The maximum absolute atomic E-state index is 6.21. The summed E-state index contributed by atoms with van der Waals surface area (Å²) in [5.41, 5.74) is 2.49. The molecule has 1 saturated heterocycles. The number of fused-ring (bicyclic) bond motifs is 2. The molecule has 2 bridgehead atoms. The van der Waals surface area contributed by atoms with Crippen LogP contribution in [0.3, 0.4) is 0 Å². The molecule has 0 spiro atoms. The van der Waals surface area contributed by atoms with Crippen molar-refractivity contribution in [1.29, 1.82) is 0 Å². The zero-order chi connectivity index (χ0) is 18.4. The smallest absolute Gasteiger partial charge is 0.257 e. The van der Waals surface area contributed by atoms with Gasteiger partial charge in [0.1, 0.15) is 5.69 Å². The summed E-state index contributed by atoms with van der Waals surface area (Å²) in [5, 5.41) is 13.5. The lowest BCUT2D eigenvalue weighted by molar-refractivity contribution is 0.0537. The second-order valence-corrected chi connectivity index (χ2v) is 7.21. The standard InChI is InChI=1S/C17H20ClN7O2/c1-10-13-16(23-25(10)11-4-2-6-26-9-11)27-7-3-5-24-15-12(14(18)22-24)8-19-17(20-13)21-15/h8,11H,2-7,9H2,1H3,(H,19,20,21)/t11-/m0/s1. The van der Waals surface area contributed by atoms with E-state index in [2.05, 4.69) is 20.4 Å². The third-order valence-electron chi connectivity index (χ3n) is 5.03. The molecule has 0 unspecified atom stereocenters. The predicted molar refractivity (Wildman–Crippen MR) is 99.8 cm³/mol. The van der Waals surface area contributed by atoms with Gasteiger partial charge in [-0.1, -0.05) is 11.6 Å². The van der Waals surface area contributed by atoms with Gasteiger partial charge in [0, 0.05) is 25.8 Å². The van der Waals surface area contributed by atoms with Gasteiger partial charge in [0.25, 0.3) is 5.88 Å². The van der Waals surface area contributed by atoms with E-state index in [-0.39, 0.29) is 6.04 Å². The van der Waals surface area contributed by atoms with Crippen LogP contribution < -0.4 is 10.1 Å². The summed E-state index contributed by atoms with van der Waals surface area (Å²) in [5.74, 6) is 1.04. The van der Waals surface area contributed by atoms with Gasteiger partial charge in [-0.2, -0.15) is 10.1 Å². The molecule has 0 radical (unpaired) electrons. The van der Waals surface area contributed by atoms with E-state index in [0.29, 0.717) is 42.4 Å². The first-order valence-electron chi connectivity index (χ1n) is 9.16. The average Bonchev–Trinajstić information content (AvgIpc) is 3.16. The fourth-order valence-corrected chi connectivity index (χ4v) is 3.87.